The molecule has 0 spiro atoms. The van der Waals surface area contributed by atoms with Crippen molar-refractivity contribution < 1.29 is 14.0 Å². The van der Waals surface area contributed by atoms with Crippen molar-refractivity contribution in [1.29, 1.82) is 0 Å². The molecule has 138 valence electrons. The third-order valence-electron chi connectivity index (χ3n) is 5.19. The Kier molecular flexibility index (Phi) is 5.75. The molecule has 1 saturated heterocycles. The van der Waals surface area contributed by atoms with Crippen molar-refractivity contribution in [3.05, 3.63) is 60.7 Å². The van der Waals surface area contributed by atoms with Crippen LogP contribution in [0.1, 0.15) is 33.6 Å². The Hall–Kier alpha value is -1.75. The molecule has 0 amide bonds. The summed E-state index contributed by atoms with van der Waals surface area (Å²) >= 11 is 0. The molecule has 0 radical (unpaired) electrons. The van der Waals surface area contributed by atoms with Crippen molar-refractivity contribution in [2.75, 3.05) is 6.61 Å². The van der Waals surface area contributed by atoms with Crippen LogP contribution >= 0.6 is 0 Å². The molecule has 0 aliphatic carbocycles. The first-order valence-electron chi connectivity index (χ1n) is 9.33. The van der Waals surface area contributed by atoms with Gasteiger partial charge in [-0.1, -0.05) is 81.4 Å². The average molecular weight is 369 g/mol. The van der Waals surface area contributed by atoms with E-state index in [1.807, 2.05) is 12.1 Å². The number of carbonyl (C=O) groups is 1. The van der Waals surface area contributed by atoms with E-state index in [1.165, 1.54) is 10.4 Å². The molecule has 1 aliphatic rings. The van der Waals surface area contributed by atoms with Gasteiger partial charge in [-0.15, -0.1) is 0 Å². The van der Waals surface area contributed by atoms with Crippen LogP contribution in [0.2, 0.25) is 5.04 Å². The summed E-state index contributed by atoms with van der Waals surface area (Å²) < 4.78 is 12.7. The van der Waals surface area contributed by atoms with E-state index in [0.29, 0.717) is 6.61 Å². The van der Waals surface area contributed by atoms with Gasteiger partial charge in [0.1, 0.15) is 12.4 Å². The zero-order valence-electron chi connectivity index (χ0n) is 15.9. The van der Waals surface area contributed by atoms with Crippen LogP contribution in [-0.4, -0.2) is 33.4 Å². The molecule has 0 aromatic heterocycles. The Morgan fingerprint density at radius 2 is 1.54 bits per heavy atom. The second kappa shape index (κ2) is 7.87. The van der Waals surface area contributed by atoms with Crippen LogP contribution in [0.15, 0.2) is 60.7 Å². The maximum Gasteiger partial charge on any atom is 0.261 e. The number of rotatable bonds is 6. The summed E-state index contributed by atoms with van der Waals surface area (Å²) in [6.45, 7) is 7.33. The van der Waals surface area contributed by atoms with Gasteiger partial charge in [0, 0.05) is 0 Å². The van der Waals surface area contributed by atoms with Crippen molar-refractivity contribution in [1.82, 2.24) is 0 Å². The fourth-order valence-corrected chi connectivity index (χ4v) is 8.53. The first-order chi connectivity index (χ1) is 12.5. The summed E-state index contributed by atoms with van der Waals surface area (Å²) in [6, 6.07) is 21.2. The minimum Gasteiger partial charge on any atom is -0.405 e. The Morgan fingerprint density at radius 3 is 1.96 bits per heavy atom. The monoisotopic (exact) mass is 368 g/mol. The van der Waals surface area contributed by atoms with Crippen LogP contribution in [0.5, 0.6) is 0 Å². The van der Waals surface area contributed by atoms with E-state index in [0.717, 1.165) is 19.1 Å². The number of aldehydes is 1. The first-order valence-corrected chi connectivity index (χ1v) is 11.2. The topological polar surface area (TPSA) is 35.5 Å². The average Bonchev–Trinajstić information content (AvgIpc) is 3.11. The maximum atomic E-state index is 11.0. The lowest BCUT2D eigenvalue weighted by atomic mass is 10.2. The molecule has 3 nitrogen and oxygen atoms in total. The van der Waals surface area contributed by atoms with Gasteiger partial charge in [-0.2, -0.15) is 0 Å². The lowest BCUT2D eigenvalue weighted by molar-refractivity contribution is -0.118. The molecule has 0 bridgehead atoms. The zero-order valence-corrected chi connectivity index (χ0v) is 16.9. The van der Waals surface area contributed by atoms with E-state index in [2.05, 4.69) is 69.3 Å². The van der Waals surface area contributed by atoms with Crippen molar-refractivity contribution in [3.8, 4) is 0 Å². The standard InChI is InChI=1S/C22H28O3Si/c1-22(2,3)26(20-10-6-4-7-11-20,21-12-8-5-9-13-21)24-17-19-15-14-18(16-23)25-19/h4-13,16,18-19H,14-15,17H2,1-3H3/t18-,19-/m0/s1. The van der Waals surface area contributed by atoms with E-state index in [-0.39, 0.29) is 17.2 Å². The van der Waals surface area contributed by atoms with E-state index >= 15 is 0 Å². The second-order valence-electron chi connectivity index (χ2n) is 7.98. The van der Waals surface area contributed by atoms with Gasteiger partial charge >= 0.3 is 0 Å². The molecule has 1 fully saturated rings. The van der Waals surface area contributed by atoms with Gasteiger partial charge < -0.3 is 14.0 Å². The Balaban J connectivity index is 1.99. The molecular formula is C22H28O3Si. The van der Waals surface area contributed by atoms with Crippen LogP contribution in [0.3, 0.4) is 0 Å². The van der Waals surface area contributed by atoms with Crippen LogP contribution in [0.4, 0.5) is 0 Å². The van der Waals surface area contributed by atoms with Crippen LogP contribution < -0.4 is 10.4 Å². The molecule has 1 heterocycles. The molecule has 2 aromatic carbocycles. The Morgan fingerprint density at radius 1 is 1.00 bits per heavy atom. The maximum absolute atomic E-state index is 11.0. The third-order valence-corrected chi connectivity index (χ3v) is 10.2. The normalized spacial score (nSPS) is 20.9. The molecular weight excluding hydrogens is 340 g/mol. The predicted molar refractivity (Wildman–Crippen MR) is 108 cm³/mol. The highest BCUT2D eigenvalue weighted by atomic mass is 28.4. The largest absolute Gasteiger partial charge is 0.405 e. The van der Waals surface area contributed by atoms with Crippen molar-refractivity contribution in [2.24, 2.45) is 0 Å². The molecule has 0 N–H and O–H groups in total. The summed E-state index contributed by atoms with van der Waals surface area (Å²) in [7, 11) is -2.52. The van der Waals surface area contributed by atoms with Gasteiger partial charge in [0.15, 0.2) is 0 Å². The molecule has 26 heavy (non-hydrogen) atoms. The minimum atomic E-state index is -2.52. The summed E-state index contributed by atoms with van der Waals surface area (Å²) in [5.74, 6) is 0. The minimum absolute atomic E-state index is 0.00755. The highest BCUT2D eigenvalue weighted by Gasteiger charge is 2.50. The number of hydrogen-bond acceptors (Lipinski definition) is 3. The fraction of sp³-hybridized carbons (Fsp3) is 0.409. The van der Waals surface area contributed by atoms with E-state index in [4.69, 9.17) is 9.16 Å². The molecule has 4 heteroatoms. The van der Waals surface area contributed by atoms with Gasteiger partial charge in [0.05, 0.1) is 12.7 Å². The molecule has 2 aromatic rings. The fourth-order valence-electron chi connectivity index (χ4n) is 3.94. The van der Waals surface area contributed by atoms with Gasteiger partial charge in [-0.05, 0) is 28.3 Å². The SMILES string of the molecule is CC(C)(C)[Si](OC[C@@H]1CC[C@@H](C=O)O1)(c1ccccc1)c1ccccc1. The molecule has 2 atom stereocenters. The van der Waals surface area contributed by atoms with Crippen LogP contribution in [-0.2, 0) is 14.0 Å². The summed E-state index contributed by atoms with van der Waals surface area (Å²) in [5.41, 5.74) is 0. The zero-order chi connectivity index (χ0) is 18.6. The van der Waals surface area contributed by atoms with E-state index in [9.17, 15) is 4.79 Å². The van der Waals surface area contributed by atoms with Gasteiger partial charge in [-0.25, -0.2) is 0 Å². The summed E-state index contributed by atoms with van der Waals surface area (Å²) in [6.07, 6.45) is 2.29. The lowest BCUT2D eigenvalue weighted by Crippen LogP contribution is -2.67. The number of benzene rings is 2. The quantitative estimate of drug-likeness (QED) is 0.580. The highest BCUT2D eigenvalue weighted by Crippen LogP contribution is 2.37. The molecule has 3 rings (SSSR count). The van der Waals surface area contributed by atoms with Gasteiger partial charge in [-0.3, -0.25) is 0 Å². The number of hydrogen-bond donors (Lipinski definition) is 0. The van der Waals surface area contributed by atoms with E-state index < -0.39 is 8.32 Å². The van der Waals surface area contributed by atoms with E-state index in [1.54, 1.807) is 0 Å². The third kappa shape index (κ3) is 3.68. The second-order valence-corrected chi connectivity index (χ2v) is 12.3. The highest BCUT2D eigenvalue weighted by molar-refractivity contribution is 6.99. The summed E-state index contributed by atoms with van der Waals surface area (Å²) in [5, 5.41) is 2.49. The smallest absolute Gasteiger partial charge is 0.261 e. The first kappa shape index (κ1) is 19.0. The molecule has 0 unspecified atom stereocenters. The lowest BCUT2D eigenvalue weighted by Gasteiger charge is -2.43. The summed E-state index contributed by atoms with van der Waals surface area (Å²) in [4.78, 5) is 11.0. The number of ether oxygens (including phenoxy) is 1. The Bertz CT molecular complexity index is 670. The van der Waals surface area contributed by atoms with Crippen molar-refractivity contribution in [2.45, 2.75) is 50.9 Å². The predicted octanol–water partition coefficient (Wildman–Crippen LogP) is 3.31. The van der Waals surface area contributed by atoms with Crippen LogP contribution in [0.25, 0.3) is 0 Å². The van der Waals surface area contributed by atoms with Crippen LogP contribution in [0, 0.1) is 0 Å². The van der Waals surface area contributed by atoms with Crippen molar-refractivity contribution >= 4 is 25.0 Å². The van der Waals surface area contributed by atoms with Crippen molar-refractivity contribution in [3.63, 3.8) is 0 Å². The molecule has 1 aliphatic heterocycles. The van der Waals surface area contributed by atoms with Gasteiger partial charge in [0.2, 0.25) is 0 Å². The van der Waals surface area contributed by atoms with Gasteiger partial charge in [0.25, 0.3) is 8.32 Å². The Labute approximate surface area is 157 Å². The molecule has 0 saturated carbocycles. The number of carbonyl (C=O) groups excluding carboxylic acids is 1.